The van der Waals surface area contributed by atoms with Crippen molar-refractivity contribution in [1.82, 2.24) is 5.32 Å². The van der Waals surface area contributed by atoms with Gasteiger partial charge >= 0.3 is 258 Å². The fraction of sp³-hybridized carbons (Fsp3) is 0.139. The van der Waals surface area contributed by atoms with Crippen molar-refractivity contribution in [2.45, 2.75) is 30.8 Å². The Kier molecular flexibility index (Phi) is 10.2. The minimum atomic E-state index is -3.88. The second kappa shape index (κ2) is 14.4. The normalized spacial score (nSPS) is 12.2. The van der Waals surface area contributed by atoms with Crippen molar-refractivity contribution in [2.75, 3.05) is 0 Å². The number of rotatable bonds is 13. The van der Waals surface area contributed by atoms with Crippen LogP contribution in [0.3, 0.4) is 0 Å². The first-order valence-corrected chi connectivity index (χ1v) is 20.8. The second-order valence-corrected chi connectivity index (χ2v) is 20.9. The molecule has 0 aliphatic heterocycles. The average molecular weight is 650 g/mol. The molecule has 0 fully saturated rings. The van der Waals surface area contributed by atoms with Crippen LogP contribution in [0.2, 0.25) is 5.25 Å². The minimum absolute atomic E-state index is 0.182. The van der Waals surface area contributed by atoms with Crippen molar-refractivity contribution in [3.05, 3.63) is 152 Å². The summed E-state index contributed by atoms with van der Waals surface area (Å²) in [4.78, 5) is 13.8. The van der Waals surface area contributed by atoms with Gasteiger partial charge in [0.15, 0.2) is 0 Å². The molecule has 218 valence electrons. The van der Waals surface area contributed by atoms with Gasteiger partial charge in [-0.1, -0.05) is 0 Å². The maximum atomic E-state index is 14.4. The van der Waals surface area contributed by atoms with Gasteiger partial charge in [0.2, 0.25) is 0 Å². The summed E-state index contributed by atoms with van der Waals surface area (Å²) < 4.78 is 30.4. The predicted molar refractivity (Wildman–Crippen MR) is 177 cm³/mol. The number of carbonyl (C=O) groups is 1. The molecule has 1 N–H and O–H groups in total. The molecule has 5 aromatic carbocycles. The maximum absolute atomic E-state index is 14.4. The zero-order valence-corrected chi connectivity index (χ0v) is 27.2. The molecule has 1 unspecified atom stereocenters. The molecule has 0 aromatic heterocycles. The van der Waals surface area contributed by atoms with Gasteiger partial charge < -0.3 is 0 Å². The Morgan fingerprint density at radius 1 is 0.628 bits per heavy atom. The van der Waals surface area contributed by atoms with Crippen LogP contribution < -0.4 is 27.6 Å². The molecular formula is C36H36GeNO4P. The molecule has 5 aromatic rings. The molecule has 1 amide bonds. The fourth-order valence-electron chi connectivity index (χ4n) is 5.47. The third kappa shape index (κ3) is 7.30. The van der Waals surface area contributed by atoms with Gasteiger partial charge in [0, 0.05) is 0 Å². The van der Waals surface area contributed by atoms with E-state index in [1.807, 2.05) is 61.5 Å². The van der Waals surface area contributed by atoms with Crippen molar-refractivity contribution in [2.24, 2.45) is 0 Å². The number of benzene rings is 5. The van der Waals surface area contributed by atoms with Gasteiger partial charge in [-0.05, 0) is 0 Å². The summed E-state index contributed by atoms with van der Waals surface area (Å²) in [7, 11) is -3.88. The molecule has 0 radical (unpaired) electrons. The predicted octanol–water partition coefficient (Wildman–Crippen LogP) is 6.75. The summed E-state index contributed by atoms with van der Waals surface area (Å²) in [5, 5.41) is 3.74. The molecule has 0 saturated heterocycles. The van der Waals surface area contributed by atoms with E-state index >= 15 is 0 Å². The van der Waals surface area contributed by atoms with E-state index in [4.69, 9.17) is 9.05 Å². The van der Waals surface area contributed by atoms with Gasteiger partial charge in [0.1, 0.15) is 0 Å². The molecule has 0 heterocycles. The van der Waals surface area contributed by atoms with Crippen molar-refractivity contribution in [1.29, 1.82) is 0 Å². The summed E-state index contributed by atoms with van der Waals surface area (Å²) in [6.07, 6.45) is 0.636. The van der Waals surface area contributed by atoms with Crippen LogP contribution in [0, 0.1) is 0 Å². The number of amides is 1. The average Bonchev–Trinajstić information content (AvgIpc) is 3.06. The third-order valence-corrected chi connectivity index (χ3v) is 20.2. The molecule has 0 saturated carbocycles. The van der Waals surface area contributed by atoms with E-state index in [0.717, 1.165) is 0 Å². The van der Waals surface area contributed by atoms with Crippen LogP contribution in [0.1, 0.15) is 19.8 Å². The SMILES string of the molecule is CCC(NC(=O)C[CH2][Ge]([c]1ccccc1)([c]1ccccc1)[c]1ccccc1)P(=O)(Oc1ccccc1)Oc1ccccc1. The molecule has 0 spiro atoms. The quantitative estimate of drug-likeness (QED) is 0.113. The standard InChI is InChI=1S/C36H36GeNO4P/c1-2-36(43(40,41-33-24-14-6-15-25-33)42-34-26-16-7-17-27-34)38-35(39)28-29-37(30-18-8-3-9-19-30,31-20-10-4-11-21-31)32-22-12-5-13-23-32/h3-27,36H,2,28-29H2,1H3,(H,38,39). The van der Waals surface area contributed by atoms with Gasteiger partial charge in [-0.2, -0.15) is 0 Å². The number of hydrogen-bond donors (Lipinski definition) is 1. The van der Waals surface area contributed by atoms with Crippen LogP contribution in [-0.4, -0.2) is 25.0 Å². The van der Waals surface area contributed by atoms with Crippen molar-refractivity contribution < 1.29 is 18.4 Å². The first-order chi connectivity index (χ1) is 21.0. The summed E-state index contributed by atoms with van der Waals surface area (Å²) in [5.41, 5.74) is 0. The molecule has 0 bridgehead atoms. The van der Waals surface area contributed by atoms with E-state index in [-0.39, 0.29) is 12.3 Å². The molecule has 7 heteroatoms. The van der Waals surface area contributed by atoms with E-state index in [2.05, 4.69) is 78.1 Å². The van der Waals surface area contributed by atoms with E-state index in [1.165, 1.54) is 13.2 Å². The van der Waals surface area contributed by atoms with Crippen LogP contribution in [0.15, 0.2) is 152 Å². The van der Waals surface area contributed by atoms with Crippen molar-refractivity contribution >= 4 is 40.0 Å². The molecule has 43 heavy (non-hydrogen) atoms. The summed E-state index contributed by atoms with van der Waals surface area (Å²) in [5.74, 6) is -0.188. The van der Waals surface area contributed by atoms with Crippen molar-refractivity contribution in [3.8, 4) is 11.5 Å². The van der Waals surface area contributed by atoms with E-state index in [0.29, 0.717) is 23.2 Å². The first-order valence-electron chi connectivity index (χ1n) is 14.6. The number of hydrogen-bond acceptors (Lipinski definition) is 4. The molecular weight excluding hydrogens is 614 g/mol. The molecule has 0 aliphatic carbocycles. The molecule has 1 atom stereocenters. The Morgan fingerprint density at radius 3 is 1.33 bits per heavy atom. The van der Waals surface area contributed by atoms with Crippen LogP contribution in [0.4, 0.5) is 0 Å². The topological polar surface area (TPSA) is 64.6 Å². The monoisotopic (exact) mass is 651 g/mol. The van der Waals surface area contributed by atoms with E-state index in [1.54, 1.807) is 24.3 Å². The van der Waals surface area contributed by atoms with E-state index < -0.39 is 26.6 Å². The summed E-state index contributed by atoms with van der Waals surface area (Å²) in [6.45, 7) is 1.88. The zero-order chi connectivity index (χ0) is 30.0. The number of carbonyl (C=O) groups excluding carboxylic acids is 1. The van der Waals surface area contributed by atoms with Gasteiger partial charge in [-0.25, -0.2) is 0 Å². The summed E-state index contributed by atoms with van der Waals surface area (Å²) >= 11 is -3.32. The van der Waals surface area contributed by atoms with E-state index in [9.17, 15) is 9.36 Å². The van der Waals surface area contributed by atoms with Crippen LogP contribution >= 0.6 is 7.60 Å². The van der Waals surface area contributed by atoms with Crippen LogP contribution in [-0.2, 0) is 9.36 Å². The van der Waals surface area contributed by atoms with Crippen LogP contribution in [0.5, 0.6) is 11.5 Å². The molecule has 5 rings (SSSR count). The summed E-state index contributed by atoms with van der Waals surface area (Å²) in [6, 6.07) is 49.6. The van der Waals surface area contributed by atoms with Gasteiger partial charge in [-0.3, -0.25) is 0 Å². The zero-order valence-electron chi connectivity index (χ0n) is 24.2. The number of para-hydroxylation sites is 2. The number of nitrogens with one attached hydrogen (secondary N) is 1. The molecule has 5 nitrogen and oxygen atoms in total. The Labute approximate surface area is 256 Å². The fourth-order valence-corrected chi connectivity index (χ4v) is 17.3. The van der Waals surface area contributed by atoms with Gasteiger partial charge in [-0.15, -0.1) is 0 Å². The Bertz CT molecular complexity index is 1480. The third-order valence-electron chi connectivity index (χ3n) is 7.57. The Hall–Kier alpha value is -4.06. The van der Waals surface area contributed by atoms with Gasteiger partial charge in [0.05, 0.1) is 0 Å². The van der Waals surface area contributed by atoms with Crippen molar-refractivity contribution in [3.63, 3.8) is 0 Å². The van der Waals surface area contributed by atoms with Crippen LogP contribution in [0.25, 0.3) is 0 Å². The molecule has 0 aliphatic rings. The second-order valence-electron chi connectivity index (χ2n) is 10.3. The van der Waals surface area contributed by atoms with Gasteiger partial charge in [0.25, 0.3) is 0 Å². The Balaban J connectivity index is 1.45. The first kappa shape index (κ1) is 30.4. The Morgan fingerprint density at radius 2 is 0.977 bits per heavy atom.